The van der Waals surface area contributed by atoms with Crippen molar-refractivity contribution in [2.24, 2.45) is 0 Å². The Bertz CT molecular complexity index is 520. The molecule has 102 valence electrons. The Balaban J connectivity index is 2.83. The Labute approximate surface area is 112 Å². The van der Waals surface area contributed by atoms with Gasteiger partial charge in [-0.25, -0.2) is 4.39 Å². The highest BCUT2D eigenvalue weighted by Crippen LogP contribution is 2.27. The Kier molecular flexibility index (Phi) is 5.37. The Morgan fingerprint density at radius 3 is 2.74 bits per heavy atom. The van der Waals surface area contributed by atoms with Crippen molar-refractivity contribution in [3.63, 3.8) is 0 Å². The van der Waals surface area contributed by atoms with Crippen molar-refractivity contribution in [3.05, 3.63) is 33.6 Å². The van der Waals surface area contributed by atoms with Crippen molar-refractivity contribution in [1.29, 1.82) is 0 Å². The number of rotatable bonds is 7. The molecule has 0 N–H and O–H groups in total. The number of carbonyl (C=O) groups excluding carboxylic acids is 2. The SMILES string of the molecule is O=Cc1cc(F)c(OCCCC(=O)Cl)cc1[N+](=O)[O-]. The van der Waals surface area contributed by atoms with Gasteiger partial charge in [0.05, 0.1) is 23.2 Å². The second-order valence-corrected chi connectivity index (χ2v) is 3.95. The molecule has 0 radical (unpaired) electrons. The van der Waals surface area contributed by atoms with Crippen LogP contribution in [-0.2, 0) is 4.79 Å². The minimum absolute atomic E-state index is 0.0209. The van der Waals surface area contributed by atoms with Crippen LogP contribution in [0.4, 0.5) is 10.1 Å². The summed E-state index contributed by atoms with van der Waals surface area (Å²) in [5.41, 5.74) is -0.911. The molecule has 0 amide bonds. The third-order valence-corrected chi connectivity index (χ3v) is 2.37. The second kappa shape index (κ2) is 6.79. The van der Waals surface area contributed by atoms with Crippen LogP contribution in [0.2, 0.25) is 0 Å². The summed E-state index contributed by atoms with van der Waals surface area (Å²) in [5, 5.41) is 10.1. The molecule has 0 fully saturated rings. The highest BCUT2D eigenvalue weighted by Gasteiger charge is 2.18. The van der Waals surface area contributed by atoms with Gasteiger partial charge in [0.2, 0.25) is 5.24 Å². The summed E-state index contributed by atoms with van der Waals surface area (Å²) < 4.78 is 18.4. The van der Waals surface area contributed by atoms with Crippen LogP contribution in [0.3, 0.4) is 0 Å². The van der Waals surface area contributed by atoms with E-state index in [0.29, 0.717) is 0 Å². The smallest absolute Gasteiger partial charge is 0.283 e. The molecular weight excluding hydrogens is 281 g/mol. The first-order valence-electron chi connectivity index (χ1n) is 5.20. The maximum atomic E-state index is 13.5. The molecule has 0 aromatic heterocycles. The van der Waals surface area contributed by atoms with Crippen LogP contribution in [0.1, 0.15) is 23.2 Å². The first-order chi connectivity index (χ1) is 8.95. The Morgan fingerprint density at radius 2 is 2.21 bits per heavy atom. The van der Waals surface area contributed by atoms with E-state index in [4.69, 9.17) is 16.3 Å². The molecule has 0 aliphatic heterocycles. The number of nitro groups is 1. The van der Waals surface area contributed by atoms with Crippen molar-refractivity contribution in [3.8, 4) is 5.75 Å². The predicted molar refractivity (Wildman–Crippen MR) is 64.0 cm³/mol. The van der Waals surface area contributed by atoms with Crippen LogP contribution < -0.4 is 4.74 Å². The van der Waals surface area contributed by atoms with Gasteiger partial charge < -0.3 is 4.74 Å². The first kappa shape index (κ1) is 15.0. The van der Waals surface area contributed by atoms with Crippen molar-refractivity contribution in [2.75, 3.05) is 6.61 Å². The molecule has 1 aromatic rings. The van der Waals surface area contributed by atoms with Gasteiger partial charge in [0.15, 0.2) is 17.9 Å². The zero-order chi connectivity index (χ0) is 14.4. The monoisotopic (exact) mass is 289 g/mol. The first-order valence-corrected chi connectivity index (χ1v) is 5.57. The fourth-order valence-electron chi connectivity index (χ4n) is 1.31. The van der Waals surface area contributed by atoms with Gasteiger partial charge in [-0.2, -0.15) is 0 Å². The molecule has 1 aromatic carbocycles. The van der Waals surface area contributed by atoms with Gasteiger partial charge in [-0.1, -0.05) is 0 Å². The van der Waals surface area contributed by atoms with Crippen molar-refractivity contribution in [2.45, 2.75) is 12.8 Å². The predicted octanol–water partition coefficient (Wildman–Crippen LogP) is 2.47. The van der Waals surface area contributed by atoms with Crippen LogP contribution in [0.15, 0.2) is 12.1 Å². The van der Waals surface area contributed by atoms with E-state index in [9.17, 15) is 24.1 Å². The third kappa shape index (κ3) is 4.29. The minimum Gasteiger partial charge on any atom is -0.490 e. The van der Waals surface area contributed by atoms with Gasteiger partial charge in [-0.15, -0.1) is 0 Å². The molecule has 0 atom stereocenters. The largest absolute Gasteiger partial charge is 0.490 e. The normalized spacial score (nSPS) is 10.0. The lowest BCUT2D eigenvalue weighted by Crippen LogP contribution is -2.03. The Hall–Kier alpha value is -2.02. The number of ether oxygens (including phenoxy) is 1. The highest BCUT2D eigenvalue weighted by molar-refractivity contribution is 6.63. The summed E-state index contributed by atoms with van der Waals surface area (Å²) in [5.74, 6) is -1.23. The van der Waals surface area contributed by atoms with E-state index in [-0.39, 0.29) is 37.0 Å². The number of hydrogen-bond donors (Lipinski definition) is 0. The molecule has 8 heteroatoms. The number of halogens is 2. The molecule has 0 saturated heterocycles. The molecule has 19 heavy (non-hydrogen) atoms. The summed E-state index contributed by atoms with van der Waals surface area (Å²) in [6.45, 7) is -0.0209. The van der Waals surface area contributed by atoms with Crippen LogP contribution in [-0.4, -0.2) is 23.1 Å². The number of hydrogen-bond acceptors (Lipinski definition) is 5. The standard InChI is InChI=1S/C11H9ClFNO5/c12-11(16)2-1-3-19-10-5-9(14(17)18)7(6-15)4-8(10)13/h4-6H,1-3H2. The van der Waals surface area contributed by atoms with Crippen LogP contribution in [0, 0.1) is 15.9 Å². The van der Waals surface area contributed by atoms with Gasteiger partial charge in [-0.05, 0) is 24.1 Å². The molecular formula is C11H9ClFNO5. The number of carbonyl (C=O) groups is 2. The minimum atomic E-state index is -0.884. The number of nitrogens with zero attached hydrogens (tertiary/aromatic N) is 1. The number of nitro benzene ring substituents is 1. The van der Waals surface area contributed by atoms with Gasteiger partial charge in [0.25, 0.3) is 5.69 Å². The van der Waals surface area contributed by atoms with Gasteiger partial charge in [0.1, 0.15) is 0 Å². The van der Waals surface area contributed by atoms with Crippen molar-refractivity contribution in [1.82, 2.24) is 0 Å². The zero-order valence-corrected chi connectivity index (χ0v) is 10.4. The quantitative estimate of drug-likeness (QED) is 0.253. The fourth-order valence-corrected chi connectivity index (χ4v) is 1.45. The van der Waals surface area contributed by atoms with E-state index in [1.165, 1.54) is 0 Å². The van der Waals surface area contributed by atoms with Crippen LogP contribution >= 0.6 is 11.6 Å². The molecule has 0 spiro atoms. The van der Waals surface area contributed by atoms with E-state index in [0.717, 1.165) is 12.1 Å². The summed E-state index contributed by atoms with van der Waals surface area (Å²) in [4.78, 5) is 30.9. The summed E-state index contributed by atoms with van der Waals surface area (Å²) in [6.07, 6.45) is 0.500. The van der Waals surface area contributed by atoms with Gasteiger partial charge >= 0.3 is 0 Å². The van der Waals surface area contributed by atoms with E-state index < -0.39 is 21.7 Å². The summed E-state index contributed by atoms with van der Waals surface area (Å²) in [7, 11) is 0. The molecule has 0 bridgehead atoms. The zero-order valence-electron chi connectivity index (χ0n) is 9.60. The molecule has 0 aliphatic carbocycles. The van der Waals surface area contributed by atoms with E-state index in [1.807, 2.05) is 0 Å². The van der Waals surface area contributed by atoms with Crippen LogP contribution in [0.25, 0.3) is 0 Å². The molecule has 0 heterocycles. The van der Waals surface area contributed by atoms with Crippen molar-refractivity contribution < 1.29 is 23.6 Å². The highest BCUT2D eigenvalue weighted by atomic mass is 35.5. The molecule has 0 saturated carbocycles. The number of aldehydes is 1. The maximum Gasteiger partial charge on any atom is 0.283 e. The topological polar surface area (TPSA) is 86.5 Å². The van der Waals surface area contributed by atoms with E-state index in [2.05, 4.69) is 0 Å². The average molecular weight is 290 g/mol. The van der Waals surface area contributed by atoms with Gasteiger partial charge in [-0.3, -0.25) is 19.7 Å². The lowest BCUT2D eigenvalue weighted by atomic mass is 10.2. The van der Waals surface area contributed by atoms with Gasteiger partial charge in [0, 0.05) is 6.42 Å². The fraction of sp³-hybridized carbons (Fsp3) is 0.273. The third-order valence-electron chi connectivity index (χ3n) is 2.18. The lowest BCUT2D eigenvalue weighted by molar-refractivity contribution is -0.385. The molecule has 1 rings (SSSR count). The molecule has 0 aliphatic rings. The second-order valence-electron chi connectivity index (χ2n) is 3.52. The van der Waals surface area contributed by atoms with E-state index in [1.54, 1.807) is 0 Å². The lowest BCUT2D eigenvalue weighted by Gasteiger charge is -2.07. The number of benzene rings is 1. The Morgan fingerprint density at radius 1 is 1.53 bits per heavy atom. The van der Waals surface area contributed by atoms with Crippen molar-refractivity contribution >= 4 is 28.8 Å². The summed E-state index contributed by atoms with van der Waals surface area (Å²) >= 11 is 5.10. The molecule has 6 nitrogen and oxygen atoms in total. The van der Waals surface area contributed by atoms with Crippen LogP contribution in [0.5, 0.6) is 5.75 Å². The summed E-state index contributed by atoms with van der Waals surface area (Å²) in [6, 6.07) is 1.56. The maximum absolute atomic E-state index is 13.5. The average Bonchev–Trinajstić information content (AvgIpc) is 2.34. The molecule has 0 unspecified atom stereocenters. The van der Waals surface area contributed by atoms with E-state index >= 15 is 0 Å².